The Hall–Kier alpha value is 0.0969. The summed E-state index contributed by atoms with van der Waals surface area (Å²) in [6, 6.07) is 0. The first-order chi connectivity index (χ1) is 7.74. The smallest absolute Gasteiger partial charge is 0.374 e. The summed E-state index contributed by atoms with van der Waals surface area (Å²) in [6.45, 7) is 10.4. The van der Waals surface area contributed by atoms with E-state index in [4.69, 9.17) is 13.3 Å². The lowest BCUT2D eigenvalue weighted by Crippen LogP contribution is -2.55. The zero-order chi connectivity index (χ0) is 12.0. The first-order valence-corrected chi connectivity index (χ1v) is 8.46. The van der Waals surface area contributed by atoms with Gasteiger partial charge >= 0.3 is 8.80 Å². The van der Waals surface area contributed by atoms with Gasteiger partial charge in [0.25, 0.3) is 0 Å². The largest absolute Gasteiger partial charge is 0.504 e. The second-order valence-electron chi connectivity index (χ2n) is 4.25. The first-order valence-electron chi connectivity index (χ1n) is 6.65. The van der Waals surface area contributed by atoms with Crippen molar-refractivity contribution in [2.24, 2.45) is 5.92 Å². The van der Waals surface area contributed by atoms with Crippen molar-refractivity contribution < 1.29 is 13.3 Å². The minimum Gasteiger partial charge on any atom is -0.374 e. The fraction of sp³-hybridized carbons (Fsp3) is 1.00. The van der Waals surface area contributed by atoms with Crippen LogP contribution >= 0.6 is 0 Å². The number of rotatable bonds is 8. The fourth-order valence-corrected chi connectivity index (χ4v) is 6.17. The molecular formula is C12H26O3Si. The van der Waals surface area contributed by atoms with Crippen molar-refractivity contribution in [1.29, 1.82) is 0 Å². The molecule has 0 heterocycles. The molecule has 2 atom stereocenters. The van der Waals surface area contributed by atoms with Crippen molar-refractivity contribution in [2.75, 3.05) is 19.8 Å². The van der Waals surface area contributed by atoms with Gasteiger partial charge in [0.2, 0.25) is 0 Å². The van der Waals surface area contributed by atoms with Gasteiger partial charge in [-0.25, -0.2) is 0 Å². The Labute approximate surface area is 101 Å². The van der Waals surface area contributed by atoms with Crippen LogP contribution in [-0.4, -0.2) is 28.6 Å². The maximum Gasteiger partial charge on any atom is 0.504 e. The molecular weight excluding hydrogens is 220 g/mol. The molecule has 96 valence electrons. The minimum atomic E-state index is -2.40. The molecule has 2 unspecified atom stereocenters. The van der Waals surface area contributed by atoms with E-state index in [1.54, 1.807) is 0 Å². The maximum atomic E-state index is 5.94. The van der Waals surface area contributed by atoms with Crippen molar-refractivity contribution in [3.63, 3.8) is 0 Å². The van der Waals surface area contributed by atoms with Gasteiger partial charge in [0.05, 0.1) is 0 Å². The molecule has 1 rings (SSSR count). The molecule has 0 amide bonds. The van der Waals surface area contributed by atoms with E-state index in [1.165, 1.54) is 19.3 Å². The van der Waals surface area contributed by atoms with E-state index in [9.17, 15) is 0 Å². The minimum absolute atomic E-state index is 0.539. The van der Waals surface area contributed by atoms with Crippen LogP contribution in [-0.2, 0) is 13.3 Å². The van der Waals surface area contributed by atoms with E-state index >= 15 is 0 Å². The first kappa shape index (κ1) is 14.2. The molecule has 1 aliphatic rings. The highest BCUT2D eigenvalue weighted by Crippen LogP contribution is 2.49. The Morgan fingerprint density at radius 2 is 1.38 bits per heavy atom. The summed E-state index contributed by atoms with van der Waals surface area (Å²) >= 11 is 0. The third-order valence-corrected chi connectivity index (χ3v) is 7.17. The molecule has 4 heteroatoms. The van der Waals surface area contributed by atoms with Crippen LogP contribution in [0.4, 0.5) is 0 Å². The lowest BCUT2D eigenvalue weighted by molar-refractivity contribution is 0.0372. The lowest BCUT2D eigenvalue weighted by atomic mass is 9.83. The Morgan fingerprint density at radius 1 is 0.875 bits per heavy atom. The van der Waals surface area contributed by atoms with E-state index in [1.807, 2.05) is 20.8 Å². The van der Waals surface area contributed by atoms with Crippen LogP contribution in [0, 0.1) is 5.92 Å². The number of hydrogen-bond acceptors (Lipinski definition) is 3. The quantitative estimate of drug-likeness (QED) is 0.615. The third-order valence-electron chi connectivity index (χ3n) is 3.43. The van der Waals surface area contributed by atoms with E-state index in [0.717, 1.165) is 5.92 Å². The lowest BCUT2D eigenvalue weighted by Gasteiger charge is -2.45. The predicted octanol–water partition coefficient (Wildman–Crippen LogP) is 3.23. The molecule has 0 bridgehead atoms. The zero-order valence-corrected chi connectivity index (χ0v) is 12.1. The van der Waals surface area contributed by atoms with Gasteiger partial charge in [-0.3, -0.25) is 0 Å². The molecule has 1 aliphatic carbocycles. The summed E-state index contributed by atoms with van der Waals surface area (Å²) in [4.78, 5) is 0. The molecule has 0 aromatic carbocycles. The molecule has 1 fully saturated rings. The van der Waals surface area contributed by atoms with E-state index < -0.39 is 8.80 Å². The monoisotopic (exact) mass is 246 g/mol. The fourth-order valence-electron chi connectivity index (χ4n) is 2.57. The maximum absolute atomic E-state index is 5.94. The van der Waals surface area contributed by atoms with Crippen molar-refractivity contribution >= 4 is 8.80 Å². The highest BCUT2D eigenvalue weighted by molar-refractivity contribution is 6.62. The van der Waals surface area contributed by atoms with Gasteiger partial charge in [0.15, 0.2) is 0 Å². The van der Waals surface area contributed by atoms with Gasteiger partial charge in [-0.2, -0.15) is 0 Å². The van der Waals surface area contributed by atoms with Gasteiger partial charge < -0.3 is 13.3 Å². The highest BCUT2D eigenvalue weighted by atomic mass is 28.4. The molecule has 1 saturated carbocycles. The van der Waals surface area contributed by atoms with Gasteiger partial charge in [-0.1, -0.05) is 13.3 Å². The summed E-state index contributed by atoms with van der Waals surface area (Å²) in [5, 5.41) is 0. The molecule has 16 heavy (non-hydrogen) atoms. The van der Waals surface area contributed by atoms with Crippen LogP contribution < -0.4 is 0 Å². The Bertz CT molecular complexity index is 180. The Balaban J connectivity index is 2.73. The summed E-state index contributed by atoms with van der Waals surface area (Å²) in [7, 11) is -2.40. The molecule has 0 aromatic heterocycles. The molecule has 0 radical (unpaired) electrons. The second kappa shape index (κ2) is 6.74. The van der Waals surface area contributed by atoms with Crippen molar-refractivity contribution in [2.45, 2.75) is 52.5 Å². The molecule has 0 aromatic rings. The standard InChI is InChI=1S/C12H26O3Si/c1-5-11-9-10-12(11)16(13-6-2,14-7-3)15-8-4/h11-12H,5-10H2,1-4H3. The van der Waals surface area contributed by atoms with Crippen LogP contribution in [0.5, 0.6) is 0 Å². The molecule has 0 saturated heterocycles. The van der Waals surface area contributed by atoms with E-state index in [-0.39, 0.29) is 0 Å². The topological polar surface area (TPSA) is 27.7 Å². The van der Waals surface area contributed by atoms with Crippen LogP contribution in [0.25, 0.3) is 0 Å². The van der Waals surface area contributed by atoms with Gasteiger partial charge in [-0.15, -0.1) is 0 Å². The van der Waals surface area contributed by atoms with Crippen LogP contribution in [0.2, 0.25) is 5.54 Å². The third kappa shape index (κ3) is 2.86. The number of hydrogen-bond donors (Lipinski definition) is 0. The Kier molecular flexibility index (Phi) is 5.96. The molecule has 0 aliphatic heterocycles. The van der Waals surface area contributed by atoms with Gasteiger partial charge in [-0.05, 0) is 39.5 Å². The SMILES string of the molecule is CCO[Si](OCC)(OCC)C1CCC1CC. The van der Waals surface area contributed by atoms with E-state index in [0.29, 0.717) is 25.4 Å². The van der Waals surface area contributed by atoms with Crippen molar-refractivity contribution in [3.8, 4) is 0 Å². The summed E-state index contributed by atoms with van der Waals surface area (Å²) in [5.41, 5.74) is 0.539. The van der Waals surface area contributed by atoms with Crippen molar-refractivity contribution in [3.05, 3.63) is 0 Å². The second-order valence-corrected chi connectivity index (χ2v) is 7.07. The predicted molar refractivity (Wildman–Crippen MR) is 67.4 cm³/mol. The van der Waals surface area contributed by atoms with Gasteiger partial charge in [0.1, 0.15) is 0 Å². The van der Waals surface area contributed by atoms with Crippen molar-refractivity contribution in [1.82, 2.24) is 0 Å². The highest BCUT2D eigenvalue weighted by Gasteiger charge is 2.55. The Morgan fingerprint density at radius 3 is 1.62 bits per heavy atom. The molecule has 0 N–H and O–H groups in total. The average Bonchev–Trinajstić information content (AvgIpc) is 2.17. The zero-order valence-electron chi connectivity index (χ0n) is 11.1. The van der Waals surface area contributed by atoms with Gasteiger partial charge in [0, 0.05) is 25.4 Å². The van der Waals surface area contributed by atoms with Crippen LogP contribution in [0.15, 0.2) is 0 Å². The average molecular weight is 246 g/mol. The normalized spacial score (nSPS) is 25.5. The summed E-state index contributed by atoms with van der Waals surface area (Å²) in [5.74, 6) is 0.747. The van der Waals surface area contributed by atoms with Crippen LogP contribution in [0.3, 0.4) is 0 Å². The molecule has 3 nitrogen and oxygen atoms in total. The van der Waals surface area contributed by atoms with Crippen LogP contribution in [0.1, 0.15) is 47.0 Å². The summed E-state index contributed by atoms with van der Waals surface area (Å²) in [6.07, 6.45) is 3.74. The molecule has 0 spiro atoms. The van der Waals surface area contributed by atoms with E-state index in [2.05, 4.69) is 6.92 Å². The summed E-state index contributed by atoms with van der Waals surface area (Å²) < 4.78 is 17.8.